The Kier molecular flexibility index (Phi) is 9.23. The molecule has 3 aromatic rings. The fourth-order valence-corrected chi connectivity index (χ4v) is 6.28. The van der Waals surface area contributed by atoms with E-state index in [4.69, 9.17) is 22.1 Å². The minimum absolute atomic E-state index is 0.00817. The summed E-state index contributed by atoms with van der Waals surface area (Å²) in [5, 5.41) is 11.2. The van der Waals surface area contributed by atoms with E-state index in [1.165, 1.54) is 23.9 Å². The molecular weight excluding hydrogens is 520 g/mol. The number of pyridine rings is 1. The van der Waals surface area contributed by atoms with Gasteiger partial charge < -0.3 is 20.5 Å². The zero-order valence-corrected chi connectivity index (χ0v) is 22.1. The van der Waals surface area contributed by atoms with Gasteiger partial charge in [0.2, 0.25) is 0 Å². The van der Waals surface area contributed by atoms with E-state index >= 15 is 0 Å². The standard InChI is InChI=1S/C27H30ClF2N3O3S/c1-36-19-3-5-25-21(13-19)26(23(28)14-32-25)24(31)4-2-16-6-7-33(15-22(16)27(34)35)8-9-37-20-11-17(29)10-18(30)12-20/h3,5,10-14,16,22,24H,2,4,6-9,15,31H2,1H3,(H,34,35)/t16?,22?,24-/m1/s1. The number of aromatic nitrogens is 1. The first-order valence-electron chi connectivity index (χ1n) is 12.2. The number of methoxy groups -OCH3 is 1. The Morgan fingerprint density at radius 2 is 2.05 bits per heavy atom. The first-order chi connectivity index (χ1) is 17.7. The molecule has 3 atom stereocenters. The number of nitrogens with two attached hydrogens (primary N) is 1. The second kappa shape index (κ2) is 12.4. The van der Waals surface area contributed by atoms with Crippen LogP contribution in [0.15, 0.2) is 47.5 Å². The van der Waals surface area contributed by atoms with Crippen LogP contribution in [0, 0.1) is 23.5 Å². The van der Waals surface area contributed by atoms with Crippen molar-refractivity contribution in [2.24, 2.45) is 17.6 Å². The molecule has 2 unspecified atom stereocenters. The number of carboxylic acids is 1. The minimum Gasteiger partial charge on any atom is -0.497 e. The number of hydrogen-bond acceptors (Lipinski definition) is 6. The van der Waals surface area contributed by atoms with Gasteiger partial charge in [-0.25, -0.2) is 8.78 Å². The predicted molar refractivity (Wildman–Crippen MR) is 142 cm³/mol. The summed E-state index contributed by atoms with van der Waals surface area (Å²) >= 11 is 7.85. The van der Waals surface area contributed by atoms with E-state index in [1.54, 1.807) is 13.3 Å². The fraction of sp³-hybridized carbons (Fsp3) is 0.407. The topological polar surface area (TPSA) is 88.7 Å². The molecule has 37 heavy (non-hydrogen) atoms. The molecule has 1 aliphatic rings. The summed E-state index contributed by atoms with van der Waals surface area (Å²) in [5.74, 6) is -1.25. The van der Waals surface area contributed by atoms with Gasteiger partial charge in [0.05, 0.1) is 23.6 Å². The third kappa shape index (κ3) is 6.90. The van der Waals surface area contributed by atoms with Gasteiger partial charge in [-0.3, -0.25) is 9.78 Å². The van der Waals surface area contributed by atoms with Crippen molar-refractivity contribution in [3.63, 3.8) is 0 Å². The number of halogens is 3. The quantitative estimate of drug-likeness (QED) is 0.310. The van der Waals surface area contributed by atoms with E-state index in [1.807, 2.05) is 18.2 Å². The van der Waals surface area contributed by atoms with E-state index in [0.717, 1.165) is 35.5 Å². The number of ether oxygens (including phenoxy) is 1. The van der Waals surface area contributed by atoms with Crippen molar-refractivity contribution in [2.75, 3.05) is 32.5 Å². The summed E-state index contributed by atoms with van der Waals surface area (Å²) in [5.41, 5.74) is 8.16. The van der Waals surface area contributed by atoms with Crippen molar-refractivity contribution in [3.05, 3.63) is 64.8 Å². The molecule has 0 aliphatic carbocycles. The van der Waals surface area contributed by atoms with Crippen LogP contribution in [-0.2, 0) is 4.79 Å². The summed E-state index contributed by atoms with van der Waals surface area (Å²) < 4.78 is 32.2. The van der Waals surface area contributed by atoms with Gasteiger partial charge in [0.1, 0.15) is 17.4 Å². The molecule has 1 aliphatic heterocycles. The van der Waals surface area contributed by atoms with E-state index < -0.39 is 23.5 Å². The Morgan fingerprint density at radius 1 is 1.30 bits per heavy atom. The number of carbonyl (C=O) groups is 1. The Bertz CT molecular complexity index is 1240. The van der Waals surface area contributed by atoms with E-state index in [0.29, 0.717) is 47.4 Å². The number of nitrogens with zero attached hydrogens (tertiary/aromatic N) is 2. The lowest BCUT2D eigenvalue weighted by Crippen LogP contribution is -2.44. The summed E-state index contributed by atoms with van der Waals surface area (Å²) in [6.45, 7) is 1.83. The number of fused-ring (bicyclic) bond motifs is 1. The van der Waals surface area contributed by atoms with Crippen LogP contribution >= 0.6 is 23.4 Å². The summed E-state index contributed by atoms with van der Waals surface area (Å²) in [6.07, 6.45) is 3.58. The molecule has 0 amide bonds. The third-order valence-corrected chi connectivity index (χ3v) is 8.21. The highest BCUT2D eigenvalue weighted by Gasteiger charge is 2.34. The van der Waals surface area contributed by atoms with Gasteiger partial charge in [-0.05, 0) is 67.6 Å². The van der Waals surface area contributed by atoms with Crippen molar-refractivity contribution in [1.29, 1.82) is 0 Å². The molecule has 3 N–H and O–H groups in total. The average molecular weight is 550 g/mol. The Labute approximate surface area is 224 Å². The number of aliphatic carboxylic acids is 1. The molecule has 10 heteroatoms. The Balaban J connectivity index is 1.36. The lowest BCUT2D eigenvalue weighted by Gasteiger charge is -2.37. The molecule has 0 bridgehead atoms. The van der Waals surface area contributed by atoms with Gasteiger partial charge in [-0.1, -0.05) is 11.6 Å². The van der Waals surface area contributed by atoms with E-state index in [-0.39, 0.29) is 12.0 Å². The molecule has 0 radical (unpaired) electrons. The number of carboxylic acid groups (broad SMARTS) is 1. The second-order valence-corrected chi connectivity index (χ2v) is 10.9. The molecule has 1 saturated heterocycles. The van der Waals surface area contributed by atoms with Crippen molar-refractivity contribution in [3.8, 4) is 5.75 Å². The molecule has 0 spiro atoms. The van der Waals surface area contributed by atoms with Crippen molar-refractivity contribution in [2.45, 2.75) is 30.2 Å². The number of benzene rings is 2. The van der Waals surface area contributed by atoms with E-state index in [2.05, 4.69) is 9.88 Å². The SMILES string of the molecule is COc1ccc2ncc(Cl)c([C@H](N)CCC3CCN(CCSc4cc(F)cc(F)c4)CC3C(=O)O)c2c1. The lowest BCUT2D eigenvalue weighted by molar-refractivity contribution is -0.146. The summed E-state index contributed by atoms with van der Waals surface area (Å²) in [4.78, 5) is 19.1. The normalized spacial score (nSPS) is 19.2. The van der Waals surface area contributed by atoms with Crippen LogP contribution in [0.2, 0.25) is 5.02 Å². The number of rotatable bonds is 10. The minimum atomic E-state index is -0.819. The molecule has 198 valence electrons. The van der Waals surface area contributed by atoms with Crippen molar-refractivity contribution >= 4 is 40.2 Å². The van der Waals surface area contributed by atoms with Gasteiger partial charge in [-0.15, -0.1) is 11.8 Å². The molecule has 6 nitrogen and oxygen atoms in total. The van der Waals surface area contributed by atoms with Crippen LogP contribution in [0.4, 0.5) is 8.78 Å². The van der Waals surface area contributed by atoms with Crippen LogP contribution < -0.4 is 10.5 Å². The van der Waals surface area contributed by atoms with Gasteiger partial charge in [-0.2, -0.15) is 0 Å². The van der Waals surface area contributed by atoms with Gasteiger partial charge >= 0.3 is 5.97 Å². The zero-order valence-electron chi connectivity index (χ0n) is 20.5. The number of piperidine rings is 1. The van der Waals surface area contributed by atoms with Gasteiger partial charge in [0.25, 0.3) is 0 Å². The first kappa shape index (κ1) is 27.6. The van der Waals surface area contributed by atoms with Crippen LogP contribution in [0.3, 0.4) is 0 Å². The molecule has 0 saturated carbocycles. The molecule has 2 heterocycles. The smallest absolute Gasteiger partial charge is 0.308 e. The monoisotopic (exact) mass is 549 g/mol. The highest BCUT2D eigenvalue weighted by Crippen LogP contribution is 2.36. The molecule has 2 aromatic carbocycles. The van der Waals surface area contributed by atoms with Crippen LogP contribution in [0.25, 0.3) is 10.9 Å². The lowest BCUT2D eigenvalue weighted by atomic mass is 9.81. The number of thioether (sulfide) groups is 1. The third-order valence-electron chi connectivity index (χ3n) is 6.96. The fourth-order valence-electron chi connectivity index (χ4n) is 5.01. The largest absolute Gasteiger partial charge is 0.497 e. The summed E-state index contributed by atoms with van der Waals surface area (Å²) in [6, 6.07) is 8.65. The zero-order chi connectivity index (χ0) is 26.5. The summed E-state index contributed by atoms with van der Waals surface area (Å²) in [7, 11) is 1.59. The molecular formula is C27H30ClF2N3O3S. The predicted octanol–water partition coefficient (Wildman–Crippen LogP) is 5.77. The van der Waals surface area contributed by atoms with E-state index in [9.17, 15) is 18.7 Å². The van der Waals surface area contributed by atoms with Crippen molar-refractivity contribution in [1.82, 2.24) is 9.88 Å². The highest BCUT2D eigenvalue weighted by molar-refractivity contribution is 7.99. The first-order valence-corrected chi connectivity index (χ1v) is 13.5. The maximum atomic E-state index is 13.4. The molecule has 1 aromatic heterocycles. The maximum Gasteiger partial charge on any atom is 0.308 e. The van der Waals surface area contributed by atoms with Crippen LogP contribution in [0.5, 0.6) is 5.75 Å². The highest BCUT2D eigenvalue weighted by atomic mass is 35.5. The average Bonchev–Trinajstić information content (AvgIpc) is 2.86. The Morgan fingerprint density at radius 3 is 2.76 bits per heavy atom. The van der Waals surface area contributed by atoms with Crippen molar-refractivity contribution < 1.29 is 23.4 Å². The number of hydrogen-bond donors (Lipinski definition) is 2. The van der Waals surface area contributed by atoms with Gasteiger partial charge in [0.15, 0.2) is 0 Å². The van der Waals surface area contributed by atoms with Crippen LogP contribution in [-0.4, -0.2) is 53.5 Å². The second-order valence-electron chi connectivity index (χ2n) is 9.33. The molecule has 1 fully saturated rings. The number of likely N-dealkylation sites (tertiary alicyclic amines) is 1. The maximum absolute atomic E-state index is 13.4. The van der Waals surface area contributed by atoms with Crippen LogP contribution in [0.1, 0.15) is 30.9 Å². The molecule has 4 rings (SSSR count). The Hall–Kier alpha value is -2.46. The van der Waals surface area contributed by atoms with Gasteiger partial charge in [0, 0.05) is 47.4 Å².